The number of ether oxygens (including phenoxy) is 2. The Morgan fingerprint density at radius 2 is 0.947 bits per heavy atom. The molecular weight excluding hydrogens is 492 g/mol. The molecule has 2 aromatic rings. The molecule has 0 saturated heterocycles. The van der Waals surface area contributed by atoms with Crippen molar-refractivity contribution in [2.24, 2.45) is 11.8 Å². The Bertz CT molecular complexity index is 994. The van der Waals surface area contributed by atoms with E-state index >= 15 is 0 Å². The molecule has 10 heteroatoms. The van der Waals surface area contributed by atoms with E-state index in [1.165, 1.54) is 24.3 Å². The zero-order valence-corrected chi connectivity index (χ0v) is 22.1. The SMILES string of the molecule is CC(C)COC(=O)[C@H](Cc1ccc(O)cc1)NC(=O)C(=O)N[C@@H](Cc1ccc(O)cc1)C(=O)OCC(C)C. The molecule has 0 radical (unpaired) electrons. The predicted molar refractivity (Wildman–Crippen MR) is 139 cm³/mol. The third-order valence-corrected chi connectivity index (χ3v) is 5.26. The predicted octanol–water partition coefficient (Wildman–Crippen LogP) is 2.25. The first-order valence-electron chi connectivity index (χ1n) is 12.4. The molecule has 0 bridgehead atoms. The fourth-order valence-corrected chi connectivity index (χ4v) is 3.27. The first-order valence-corrected chi connectivity index (χ1v) is 12.4. The van der Waals surface area contributed by atoms with Crippen LogP contribution in [0.5, 0.6) is 11.5 Å². The quantitative estimate of drug-likeness (QED) is 0.242. The van der Waals surface area contributed by atoms with Crippen LogP contribution in [-0.2, 0) is 41.5 Å². The van der Waals surface area contributed by atoms with E-state index in [1.54, 1.807) is 24.3 Å². The second kappa shape index (κ2) is 14.6. The van der Waals surface area contributed by atoms with Crippen LogP contribution in [0.1, 0.15) is 38.8 Å². The second-order valence-electron chi connectivity index (χ2n) is 9.84. The van der Waals surface area contributed by atoms with Crippen molar-refractivity contribution in [3.63, 3.8) is 0 Å². The molecule has 2 atom stereocenters. The summed E-state index contributed by atoms with van der Waals surface area (Å²) in [5.74, 6) is -3.48. The van der Waals surface area contributed by atoms with Gasteiger partial charge >= 0.3 is 23.8 Å². The molecule has 0 aromatic heterocycles. The number of phenols is 2. The Morgan fingerprint density at radius 1 is 0.632 bits per heavy atom. The largest absolute Gasteiger partial charge is 0.508 e. The topological polar surface area (TPSA) is 151 Å². The molecule has 0 unspecified atom stereocenters. The van der Waals surface area contributed by atoms with Crippen LogP contribution in [0, 0.1) is 11.8 Å². The minimum Gasteiger partial charge on any atom is -0.508 e. The van der Waals surface area contributed by atoms with Gasteiger partial charge in [0.1, 0.15) is 23.6 Å². The van der Waals surface area contributed by atoms with Crippen molar-refractivity contribution in [2.75, 3.05) is 13.2 Å². The zero-order valence-electron chi connectivity index (χ0n) is 22.1. The molecular formula is C28H36N2O8. The molecule has 38 heavy (non-hydrogen) atoms. The third kappa shape index (κ3) is 10.5. The lowest BCUT2D eigenvalue weighted by atomic mass is 10.0. The van der Waals surface area contributed by atoms with E-state index in [9.17, 15) is 29.4 Å². The molecule has 0 aliphatic rings. The summed E-state index contributed by atoms with van der Waals surface area (Å²) in [4.78, 5) is 51.0. The van der Waals surface area contributed by atoms with Gasteiger partial charge in [-0.25, -0.2) is 9.59 Å². The van der Waals surface area contributed by atoms with Gasteiger partial charge in [-0.15, -0.1) is 0 Å². The van der Waals surface area contributed by atoms with Gasteiger partial charge in [0.2, 0.25) is 0 Å². The van der Waals surface area contributed by atoms with Crippen LogP contribution in [0.15, 0.2) is 48.5 Å². The Morgan fingerprint density at radius 3 is 1.24 bits per heavy atom. The van der Waals surface area contributed by atoms with Crippen molar-refractivity contribution in [3.8, 4) is 11.5 Å². The summed E-state index contributed by atoms with van der Waals surface area (Å²) in [5, 5.41) is 23.8. The van der Waals surface area contributed by atoms with Gasteiger partial charge in [-0.2, -0.15) is 0 Å². The van der Waals surface area contributed by atoms with Crippen LogP contribution < -0.4 is 10.6 Å². The van der Waals surface area contributed by atoms with E-state index in [4.69, 9.17) is 9.47 Å². The second-order valence-corrected chi connectivity index (χ2v) is 9.84. The van der Waals surface area contributed by atoms with Crippen LogP contribution in [0.4, 0.5) is 0 Å². The monoisotopic (exact) mass is 528 g/mol. The summed E-state index contributed by atoms with van der Waals surface area (Å²) in [6.07, 6.45) is 0.0349. The molecule has 0 fully saturated rings. The highest BCUT2D eigenvalue weighted by atomic mass is 16.5. The molecule has 0 spiro atoms. The van der Waals surface area contributed by atoms with Crippen LogP contribution >= 0.6 is 0 Å². The highest BCUT2D eigenvalue weighted by molar-refractivity contribution is 6.35. The summed E-state index contributed by atoms with van der Waals surface area (Å²) < 4.78 is 10.6. The number of carbonyl (C=O) groups is 4. The molecule has 0 saturated carbocycles. The Kier molecular flexibility index (Phi) is 11.6. The lowest BCUT2D eigenvalue weighted by molar-refractivity contribution is -0.152. The molecule has 206 valence electrons. The van der Waals surface area contributed by atoms with Gasteiger partial charge in [0.05, 0.1) is 13.2 Å². The van der Waals surface area contributed by atoms with Crippen molar-refractivity contribution < 1.29 is 38.9 Å². The standard InChI is InChI=1S/C28H36N2O8/c1-17(2)15-37-27(35)23(13-19-5-9-21(31)10-6-19)29-25(33)26(34)30-24(28(36)38-16-18(3)4)14-20-7-11-22(32)12-8-20/h5-12,17-18,23-24,31-32H,13-16H2,1-4H3,(H,29,33)(H,30,34)/t23-,24-/m0/s1. The highest BCUT2D eigenvalue weighted by Crippen LogP contribution is 2.14. The number of hydrogen-bond donors (Lipinski definition) is 4. The van der Waals surface area contributed by atoms with E-state index in [0.717, 1.165) is 0 Å². The molecule has 2 rings (SSSR count). The Balaban J connectivity index is 2.15. The molecule has 0 heterocycles. The maximum absolute atomic E-state index is 12.8. The van der Waals surface area contributed by atoms with E-state index in [2.05, 4.69) is 10.6 Å². The fourth-order valence-electron chi connectivity index (χ4n) is 3.27. The van der Waals surface area contributed by atoms with Crippen molar-refractivity contribution in [3.05, 3.63) is 59.7 Å². The minimum absolute atomic E-state index is 0.0175. The van der Waals surface area contributed by atoms with Gasteiger partial charge in [-0.3, -0.25) is 9.59 Å². The molecule has 2 aromatic carbocycles. The summed E-state index contributed by atoms with van der Waals surface area (Å²) in [6.45, 7) is 7.70. The number of amides is 2. The lowest BCUT2D eigenvalue weighted by Crippen LogP contribution is -2.53. The van der Waals surface area contributed by atoms with Gasteiger partial charge in [0.15, 0.2) is 0 Å². The van der Waals surface area contributed by atoms with Crippen molar-refractivity contribution in [2.45, 2.75) is 52.6 Å². The normalized spacial score (nSPS) is 12.5. The van der Waals surface area contributed by atoms with Gasteiger partial charge in [0, 0.05) is 12.8 Å². The van der Waals surface area contributed by atoms with E-state index < -0.39 is 35.8 Å². The summed E-state index contributed by atoms with van der Waals surface area (Å²) in [5.41, 5.74) is 1.25. The van der Waals surface area contributed by atoms with Crippen molar-refractivity contribution >= 4 is 23.8 Å². The van der Waals surface area contributed by atoms with E-state index in [1.807, 2.05) is 27.7 Å². The van der Waals surface area contributed by atoms with Gasteiger partial charge < -0.3 is 30.3 Å². The maximum Gasteiger partial charge on any atom is 0.329 e. The number of esters is 2. The lowest BCUT2D eigenvalue weighted by Gasteiger charge is -2.21. The van der Waals surface area contributed by atoms with Gasteiger partial charge in [-0.1, -0.05) is 52.0 Å². The number of carbonyl (C=O) groups excluding carboxylic acids is 4. The van der Waals surface area contributed by atoms with Crippen LogP contribution in [0.3, 0.4) is 0 Å². The summed E-state index contributed by atoms with van der Waals surface area (Å²) in [6, 6.07) is 9.75. The molecule has 4 N–H and O–H groups in total. The number of hydrogen-bond acceptors (Lipinski definition) is 8. The number of rotatable bonds is 12. The first kappa shape index (κ1) is 30.1. The number of nitrogens with one attached hydrogen (secondary N) is 2. The molecule has 0 aliphatic carbocycles. The third-order valence-electron chi connectivity index (χ3n) is 5.26. The number of benzene rings is 2. The fraction of sp³-hybridized carbons (Fsp3) is 0.429. The van der Waals surface area contributed by atoms with Gasteiger partial charge in [0.25, 0.3) is 0 Å². The maximum atomic E-state index is 12.8. The molecule has 2 amide bonds. The van der Waals surface area contributed by atoms with Crippen LogP contribution in [-0.4, -0.2) is 59.3 Å². The average molecular weight is 529 g/mol. The van der Waals surface area contributed by atoms with Crippen molar-refractivity contribution in [1.29, 1.82) is 0 Å². The summed E-state index contributed by atoms with van der Waals surface area (Å²) in [7, 11) is 0. The smallest absolute Gasteiger partial charge is 0.329 e. The summed E-state index contributed by atoms with van der Waals surface area (Å²) >= 11 is 0. The minimum atomic E-state index is -1.18. The number of aromatic hydroxyl groups is 2. The first-order chi connectivity index (χ1) is 17.9. The molecule has 0 aliphatic heterocycles. The van der Waals surface area contributed by atoms with Crippen molar-refractivity contribution in [1.82, 2.24) is 10.6 Å². The Labute approximate surface area is 222 Å². The highest BCUT2D eigenvalue weighted by Gasteiger charge is 2.30. The van der Waals surface area contributed by atoms with E-state index in [0.29, 0.717) is 11.1 Å². The average Bonchev–Trinajstić information content (AvgIpc) is 2.87. The van der Waals surface area contributed by atoms with Crippen LogP contribution in [0.25, 0.3) is 0 Å². The zero-order chi connectivity index (χ0) is 28.2. The van der Waals surface area contributed by atoms with E-state index in [-0.39, 0.29) is 49.4 Å². The number of phenolic OH excluding ortho intramolecular Hbond substituents is 2. The van der Waals surface area contributed by atoms with Crippen LogP contribution in [0.2, 0.25) is 0 Å². The Hall–Kier alpha value is -4.08. The molecule has 10 nitrogen and oxygen atoms in total. The van der Waals surface area contributed by atoms with Gasteiger partial charge in [-0.05, 0) is 47.2 Å².